The second-order valence-corrected chi connectivity index (χ2v) is 10.9. The van der Waals surface area contributed by atoms with Crippen molar-refractivity contribution in [3.05, 3.63) is 44.4 Å². The summed E-state index contributed by atoms with van der Waals surface area (Å²) in [7, 11) is -4.23. The summed E-state index contributed by atoms with van der Waals surface area (Å²) >= 11 is 10.1. The number of allylic oxidation sites excluding steroid dienone is 2. The molecule has 1 aromatic rings. The molecule has 0 saturated carbocycles. The van der Waals surface area contributed by atoms with E-state index in [-0.39, 0.29) is 32.5 Å². The van der Waals surface area contributed by atoms with Gasteiger partial charge in [0.15, 0.2) is 5.78 Å². The van der Waals surface area contributed by atoms with Crippen molar-refractivity contribution in [3.8, 4) is 0 Å². The number of ketones is 1. The second-order valence-electron chi connectivity index (χ2n) is 6.26. The molecule has 2 atom stereocenters. The van der Waals surface area contributed by atoms with Gasteiger partial charge in [-0.3, -0.25) is 14.9 Å². The van der Waals surface area contributed by atoms with Crippen LogP contribution in [0.5, 0.6) is 0 Å². The average Bonchev–Trinajstić information content (AvgIpc) is 2.61. The molecule has 7 nitrogen and oxygen atoms in total. The Hall–Kier alpha value is -0.910. The first-order valence-electron chi connectivity index (χ1n) is 7.67. The van der Waals surface area contributed by atoms with Gasteiger partial charge in [0.05, 0.1) is 24.8 Å². The predicted octanol–water partition coefficient (Wildman–Crippen LogP) is 4.53. The Balaban J connectivity index is 2.67. The first kappa shape index (κ1) is 22.4. The number of nitrogens with zero attached hydrogens (tertiary/aromatic N) is 2. The third kappa shape index (κ3) is 3.96. The molecule has 1 aliphatic rings. The molecule has 146 valence electrons. The molecule has 0 amide bonds. The Morgan fingerprint density at radius 2 is 1.93 bits per heavy atom. The largest absolute Gasteiger partial charge is 0.292 e. The molecular weight excluding hydrogens is 572 g/mol. The molecule has 0 N–H and O–H groups in total. The zero-order valence-corrected chi connectivity index (χ0v) is 20.0. The van der Waals surface area contributed by atoms with Gasteiger partial charge in [0.25, 0.3) is 15.7 Å². The number of benzene rings is 1. The van der Waals surface area contributed by atoms with Crippen LogP contribution in [-0.2, 0) is 14.8 Å². The van der Waals surface area contributed by atoms with Crippen LogP contribution in [-0.4, -0.2) is 34.0 Å². The van der Waals surface area contributed by atoms with Crippen molar-refractivity contribution in [2.45, 2.75) is 34.8 Å². The number of nitro benzene ring substituents is 1. The van der Waals surface area contributed by atoms with Crippen LogP contribution in [0.25, 0.3) is 0 Å². The van der Waals surface area contributed by atoms with Gasteiger partial charge in [0.1, 0.15) is 4.32 Å². The summed E-state index contributed by atoms with van der Waals surface area (Å²) < 4.78 is 28.6. The SMILES string of the molecule is CC1=C(Br)C(=O)C(Br)(C(C)C)C(Br)C1=NS(=O)(=O)c1cccc([N+](=O)[O-])c1. The molecule has 2 rings (SSSR count). The van der Waals surface area contributed by atoms with Crippen molar-refractivity contribution in [3.63, 3.8) is 0 Å². The Morgan fingerprint density at radius 3 is 2.44 bits per heavy atom. The van der Waals surface area contributed by atoms with Crippen LogP contribution < -0.4 is 0 Å². The van der Waals surface area contributed by atoms with E-state index in [2.05, 4.69) is 52.2 Å². The van der Waals surface area contributed by atoms with Crippen molar-refractivity contribution in [1.29, 1.82) is 0 Å². The number of rotatable bonds is 4. The minimum Gasteiger partial charge on any atom is -0.292 e. The van der Waals surface area contributed by atoms with Crippen LogP contribution in [0.4, 0.5) is 5.69 Å². The van der Waals surface area contributed by atoms with E-state index >= 15 is 0 Å². The quantitative estimate of drug-likeness (QED) is 0.293. The normalized spacial score (nSPS) is 25.4. The number of nitro groups is 1. The van der Waals surface area contributed by atoms with E-state index in [1.165, 1.54) is 18.2 Å². The molecule has 0 heterocycles. The zero-order valence-electron chi connectivity index (χ0n) is 14.4. The lowest BCUT2D eigenvalue weighted by atomic mass is 9.80. The number of sulfonamides is 1. The first-order chi connectivity index (χ1) is 12.3. The van der Waals surface area contributed by atoms with E-state index in [0.717, 1.165) is 6.07 Å². The summed E-state index contributed by atoms with van der Waals surface area (Å²) in [6.07, 6.45) is 0. The molecule has 0 aliphatic heterocycles. The van der Waals surface area contributed by atoms with Gasteiger partial charge in [-0.25, -0.2) is 0 Å². The van der Waals surface area contributed by atoms with Crippen molar-refractivity contribution in [1.82, 2.24) is 0 Å². The second kappa shape index (κ2) is 7.84. The highest BCUT2D eigenvalue weighted by Crippen LogP contribution is 2.46. The molecule has 1 aromatic carbocycles. The van der Waals surface area contributed by atoms with Crippen molar-refractivity contribution in [2.24, 2.45) is 10.3 Å². The van der Waals surface area contributed by atoms with Gasteiger partial charge in [0.2, 0.25) is 0 Å². The minimum absolute atomic E-state index is 0.151. The van der Waals surface area contributed by atoms with Gasteiger partial charge in [-0.15, -0.1) is 0 Å². The maximum absolute atomic E-state index is 12.8. The molecule has 0 bridgehead atoms. The fourth-order valence-corrected chi connectivity index (χ4v) is 6.22. The van der Waals surface area contributed by atoms with Crippen molar-refractivity contribution < 1.29 is 18.1 Å². The first-order valence-corrected chi connectivity index (χ1v) is 11.6. The van der Waals surface area contributed by atoms with Gasteiger partial charge >= 0.3 is 0 Å². The van der Waals surface area contributed by atoms with E-state index in [0.29, 0.717) is 5.57 Å². The fourth-order valence-electron chi connectivity index (χ4n) is 2.56. The molecule has 0 fully saturated rings. The molecule has 0 radical (unpaired) electrons. The standard InChI is InChI=1S/C16H15Br3N2O5S/c1-8(2)16(19)14(18)13(9(3)12(17)15(16)22)20-27(25,26)11-6-4-5-10(7-11)21(23)24/h4-8,14H,1-3H3. The lowest BCUT2D eigenvalue weighted by molar-refractivity contribution is -0.385. The summed E-state index contributed by atoms with van der Waals surface area (Å²) in [5.74, 6) is -0.399. The van der Waals surface area contributed by atoms with E-state index < -0.39 is 24.1 Å². The monoisotopic (exact) mass is 584 g/mol. The highest BCUT2D eigenvalue weighted by molar-refractivity contribution is 9.13. The van der Waals surface area contributed by atoms with Crippen LogP contribution in [0.2, 0.25) is 0 Å². The summed E-state index contributed by atoms with van der Waals surface area (Å²) in [4.78, 5) is 22.0. The van der Waals surface area contributed by atoms with E-state index in [1.807, 2.05) is 13.8 Å². The highest BCUT2D eigenvalue weighted by atomic mass is 79.9. The lowest BCUT2D eigenvalue weighted by Crippen LogP contribution is -2.52. The minimum atomic E-state index is -4.23. The average molecular weight is 587 g/mol. The lowest BCUT2D eigenvalue weighted by Gasteiger charge is -2.39. The van der Waals surface area contributed by atoms with Crippen LogP contribution in [0, 0.1) is 16.0 Å². The van der Waals surface area contributed by atoms with E-state index in [1.54, 1.807) is 6.92 Å². The number of halogens is 3. The van der Waals surface area contributed by atoms with Gasteiger partial charge in [-0.2, -0.15) is 12.8 Å². The highest BCUT2D eigenvalue weighted by Gasteiger charge is 2.52. The molecule has 2 unspecified atom stereocenters. The van der Waals surface area contributed by atoms with Crippen LogP contribution in [0.3, 0.4) is 0 Å². The third-order valence-corrected chi connectivity index (χ3v) is 10.0. The molecule has 0 aromatic heterocycles. The maximum Gasteiger partial charge on any atom is 0.282 e. The Kier molecular flexibility index (Phi) is 6.50. The number of carbonyl (C=O) groups excluding carboxylic acids is 1. The molecular formula is C16H15Br3N2O5S. The third-order valence-electron chi connectivity index (χ3n) is 4.25. The Morgan fingerprint density at radius 1 is 1.33 bits per heavy atom. The Labute approximate surface area is 181 Å². The summed E-state index contributed by atoms with van der Waals surface area (Å²) in [5, 5.41) is 10.9. The molecule has 0 saturated heterocycles. The number of hydrogen-bond acceptors (Lipinski definition) is 5. The van der Waals surface area contributed by atoms with Crippen molar-refractivity contribution >= 4 is 75.0 Å². The number of non-ortho nitro benzene ring substituents is 1. The van der Waals surface area contributed by atoms with E-state index in [4.69, 9.17) is 0 Å². The topological polar surface area (TPSA) is 107 Å². The van der Waals surface area contributed by atoms with Crippen LogP contribution in [0.1, 0.15) is 20.8 Å². The van der Waals surface area contributed by atoms with Gasteiger partial charge in [0, 0.05) is 12.1 Å². The zero-order chi connectivity index (χ0) is 20.7. The molecule has 11 heteroatoms. The molecule has 1 aliphatic carbocycles. The number of alkyl halides is 2. The predicted molar refractivity (Wildman–Crippen MR) is 114 cm³/mol. The summed E-state index contributed by atoms with van der Waals surface area (Å²) in [6.45, 7) is 5.24. The maximum atomic E-state index is 12.8. The van der Waals surface area contributed by atoms with E-state index in [9.17, 15) is 23.3 Å². The van der Waals surface area contributed by atoms with Gasteiger partial charge in [-0.1, -0.05) is 51.8 Å². The van der Waals surface area contributed by atoms with Crippen molar-refractivity contribution in [2.75, 3.05) is 0 Å². The van der Waals surface area contributed by atoms with Gasteiger partial charge < -0.3 is 0 Å². The fraction of sp³-hybridized carbons (Fsp3) is 0.375. The van der Waals surface area contributed by atoms with Crippen LogP contribution >= 0.6 is 47.8 Å². The number of hydrogen-bond donors (Lipinski definition) is 0. The Bertz CT molecular complexity index is 988. The van der Waals surface area contributed by atoms with Crippen LogP contribution in [0.15, 0.2) is 43.6 Å². The smallest absolute Gasteiger partial charge is 0.282 e. The summed E-state index contributed by atoms with van der Waals surface area (Å²) in [5.41, 5.74) is 0.182. The molecule has 27 heavy (non-hydrogen) atoms. The summed E-state index contributed by atoms with van der Waals surface area (Å²) in [6, 6.07) is 4.67. The number of Topliss-reactive ketones (excluding diaryl/α,β-unsaturated/α-hetero) is 1. The molecule has 0 spiro atoms. The number of carbonyl (C=O) groups is 1. The van der Waals surface area contributed by atoms with Gasteiger partial charge in [-0.05, 0) is 40.4 Å².